The van der Waals surface area contributed by atoms with Gasteiger partial charge in [-0.15, -0.1) is 0 Å². The zero-order chi connectivity index (χ0) is 14.9. The number of hydrogen-bond acceptors (Lipinski definition) is 3. The molecule has 0 heterocycles. The Labute approximate surface area is 132 Å². The molecule has 2 rings (SSSR count). The summed E-state index contributed by atoms with van der Waals surface area (Å²) in [5.41, 5.74) is 1.34. The zero-order valence-corrected chi connectivity index (χ0v) is 13.8. The summed E-state index contributed by atoms with van der Waals surface area (Å²) in [5, 5.41) is 6.04. The SMILES string of the molecule is COc1ccc2cc(CNCCCCCSC)ccc2c1. The highest BCUT2D eigenvalue weighted by Gasteiger charge is 1.99. The predicted molar refractivity (Wildman–Crippen MR) is 94.4 cm³/mol. The molecular formula is C18H25NOS. The van der Waals surface area contributed by atoms with Gasteiger partial charge in [-0.3, -0.25) is 0 Å². The first-order chi connectivity index (χ1) is 10.3. The summed E-state index contributed by atoms with van der Waals surface area (Å²) in [7, 11) is 1.71. The zero-order valence-electron chi connectivity index (χ0n) is 13.0. The highest BCUT2D eigenvalue weighted by atomic mass is 32.2. The molecule has 2 aromatic carbocycles. The Kier molecular flexibility index (Phi) is 6.90. The number of ether oxygens (including phenoxy) is 1. The van der Waals surface area contributed by atoms with E-state index in [4.69, 9.17) is 4.74 Å². The molecule has 0 unspecified atom stereocenters. The fourth-order valence-electron chi connectivity index (χ4n) is 2.42. The Morgan fingerprint density at radius 2 is 1.81 bits per heavy atom. The molecule has 0 saturated carbocycles. The first-order valence-corrected chi connectivity index (χ1v) is 8.99. The number of nitrogens with one attached hydrogen (secondary N) is 1. The van der Waals surface area contributed by atoms with E-state index >= 15 is 0 Å². The van der Waals surface area contributed by atoms with E-state index in [-0.39, 0.29) is 0 Å². The minimum absolute atomic E-state index is 0.915. The van der Waals surface area contributed by atoms with Crippen LogP contribution in [0.15, 0.2) is 36.4 Å². The van der Waals surface area contributed by atoms with Crippen LogP contribution in [-0.4, -0.2) is 25.7 Å². The van der Waals surface area contributed by atoms with E-state index in [0.29, 0.717) is 0 Å². The molecule has 21 heavy (non-hydrogen) atoms. The number of methoxy groups -OCH3 is 1. The summed E-state index contributed by atoms with van der Waals surface area (Å²) < 4.78 is 5.26. The average Bonchev–Trinajstić information content (AvgIpc) is 2.53. The third-order valence-electron chi connectivity index (χ3n) is 3.64. The van der Waals surface area contributed by atoms with Crippen molar-refractivity contribution < 1.29 is 4.74 Å². The van der Waals surface area contributed by atoms with Crippen LogP contribution in [0.2, 0.25) is 0 Å². The molecular weight excluding hydrogens is 278 g/mol. The lowest BCUT2D eigenvalue weighted by Gasteiger charge is -2.07. The molecule has 0 aliphatic heterocycles. The van der Waals surface area contributed by atoms with Gasteiger partial charge in [0.2, 0.25) is 0 Å². The van der Waals surface area contributed by atoms with Gasteiger partial charge in [-0.1, -0.05) is 24.6 Å². The fraction of sp³-hybridized carbons (Fsp3) is 0.444. The van der Waals surface area contributed by atoms with Crippen LogP contribution in [0.1, 0.15) is 24.8 Å². The second kappa shape index (κ2) is 8.96. The van der Waals surface area contributed by atoms with Gasteiger partial charge in [-0.25, -0.2) is 0 Å². The van der Waals surface area contributed by atoms with Gasteiger partial charge in [-0.05, 0) is 65.9 Å². The monoisotopic (exact) mass is 303 g/mol. The van der Waals surface area contributed by atoms with Crippen LogP contribution in [0, 0.1) is 0 Å². The molecule has 114 valence electrons. The molecule has 0 amide bonds. The van der Waals surface area contributed by atoms with E-state index in [1.807, 2.05) is 17.8 Å². The van der Waals surface area contributed by atoms with E-state index in [1.54, 1.807) is 7.11 Å². The van der Waals surface area contributed by atoms with Crippen LogP contribution in [-0.2, 0) is 6.54 Å². The third-order valence-corrected chi connectivity index (χ3v) is 4.34. The van der Waals surface area contributed by atoms with Gasteiger partial charge in [0, 0.05) is 6.54 Å². The van der Waals surface area contributed by atoms with Crippen molar-refractivity contribution in [1.29, 1.82) is 0 Å². The second-order valence-electron chi connectivity index (χ2n) is 5.28. The molecule has 0 radical (unpaired) electrons. The number of fused-ring (bicyclic) bond motifs is 1. The van der Waals surface area contributed by atoms with E-state index in [1.165, 1.54) is 41.4 Å². The fourth-order valence-corrected chi connectivity index (χ4v) is 2.91. The van der Waals surface area contributed by atoms with Crippen molar-refractivity contribution in [2.45, 2.75) is 25.8 Å². The lowest BCUT2D eigenvalue weighted by atomic mass is 10.1. The largest absolute Gasteiger partial charge is 0.497 e. The van der Waals surface area contributed by atoms with Crippen LogP contribution >= 0.6 is 11.8 Å². The highest BCUT2D eigenvalue weighted by Crippen LogP contribution is 2.21. The molecule has 0 bridgehead atoms. The molecule has 0 saturated heterocycles. The standard InChI is InChI=1S/C18H25NOS/c1-20-18-9-8-16-12-15(6-7-17(16)13-18)14-19-10-4-3-5-11-21-2/h6-9,12-13,19H,3-5,10-11,14H2,1-2H3. The van der Waals surface area contributed by atoms with Crippen LogP contribution in [0.4, 0.5) is 0 Å². The molecule has 1 N–H and O–H groups in total. The van der Waals surface area contributed by atoms with Gasteiger partial charge in [0.15, 0.2) is 0 Å². The predicted octanol–water partition coefficient (Wildman–Crippen LogP) is 4.47. The minimum Gasteiger partial charge on any atom is -0.497 e. The van der Waals surface area contributed by atoms with Crippen LogP contribution in [0.3, 0.4) is 0 Å². The molecule has 0 aliphatic carbocycles. The lowest BCUT2D eigenvalue weighted by Crippen LogP contribution is -2.14. The van der Waals surface area contributed by atoms with Crippen LogP contribution in [0.5, 0.6) is 5.75 Å². The summed E-state index contributed by atoms with van der Waals surface area (Å²) in [6.07, 6.45) is 6.10. The first kappa shape index (κ1) is 16.2. The smallest absolute Gasteiger partial charge is 0.119 e. The van der Waals surface area contributed by atoms with Gasteiger partial charge in [0.1, 0.15) is 5.75 Å². The van der Waals surface area contributed by atoms with Gasteiger partial charge in [0.05, 0.1) is 7.11 Å². The van der Waals surface area contributed by atoms with E-state index in [2.05, 4.69) is 41.9 Å². The van der Waals surface area contributed by atoms with Gasteiger partial charge >= 0.3 is 0 Å². The summed E-state index contributed by atoms with van der Waals surface area (Å²) in [6, 6.07) is 12.9. The molecule has 3 heteroatoms. The number of thioether (sulfide) groups is 1. The van der Waals surface area contributed by atoms with Crippen molar-refractivity contribution in [2.75, 3.05) is 25.7 Å². The first-order valence-electron chi connectivity index (χ1n) is 7.60. The average molecular weight is 303 g/mol. The summed E-state index contributed by atoms with van der Waals surface area (Å²) in [4.78, 5) is 0. The van der Waals surface area contributed by atoms with Crippen molar-refractivity contribution in [3.63, 3.8) is 0 Å². The second-order valence-corrected chi connectivity index (χ2v) is 6.26. The number of hydrogen-bond donors (Lipinski definition) is 1. The Hall–Kier alpha value is -1.19. The van der Waals surface area contributed by atoms with Crippen molar-refractivity contribution in [2.24, 2.45) is 0 Å². The van der Waals surface area contributed by atoms with Crippen molar-refractivity contribution >= 4 is 22.5 Å². The molecule has 2 nitrogen and oxygen atoms in total. The molecule has 0 spiro atoms. The maximum Gasteiger partial charge on any atom is 0.119 e. The van der Waals surface area contributed by atoms with Crippen LogP contribution < -0.4 is 10.1 Å². The molecule has 2 aromatic rings. The molecule has 0 fully saturated rings. The lowest BCUT2D eigenvalue weighted by molar-refractivity contribution is 0.415. The number of rotatable bonds is 9. The Morgan fingerprint density at radius 3 is 2.62 bits per heavy atom. The summed E-state index contributed by atoms with van der Waals surface area (Å²) in [6.45, 7) is 2.06. The summed E-state index contributed by atoms with van der Waals surface area (Å²) in [5.74, 6) is 2.20. The van der Waals surface area contributed by atoms with Crippen molar-refractivity contribution in [3.8, 4) is 5.75 Å². The molecule has 0 atom stereocenters. The number of benzene rings is 2. The third kappa shape index (κ3) is 5.25. The molecule has 0 aliphatic rings. The van der Waals surface area contributed by atoms with E-state index < -0.39 is 0 Å². The van der Waals surface area contributed by atoms with Gasteiger partial charge < -0.3 is 10.1 Å². The minimum atomic E-state index is 0.915. The Morgan fingerprint density at radius 1 is 1.00 bits per heavy atom. The van der Waals surface area contributed by atoms with E-state index in [9.17, 15) is 0 Å². The van der Waals surface area contributed by atoms with Crippen LogP contribution in [0.25, 0.3) is 10.8 Å². The van der Waals surface area contributed by atoms with Gasteiger partial charge in [-0.2, -0.15) is 11.8 Å². The van der Waals surface area contributed by atoms with E-state index in [0.717, 1.165) is 18.8 Å². The number of unbranched alkanes of at least 4 members (excludes halogenated alkanes) is 2. The quantitative estimate of drug-likeness (QED) is 0.691. The molecule has 0 aromatic heterocycles. The topological polar surface area (TPSA) is 21.3 Å². The Bertz CT molecular complexity index is 556. The highest BCUT2D eigenvalue weighted by molar-refractivity contribution is 7.98. The normalized spacial score (nSPS) is 11.0. The van der Waals surface area contributed by atoms with Gasteiger partial charge in [0.25, 0.3) is 0 Å². The van der Waals surface area contributed by atoms with Crippen molar-refractivity contribution in [3.05, 3.63) is 42.0 Å². The maximum atomic E-state index is 5.26. The summed E-state index contributed by atoms with van der Waals surface area (Å²) >= 11 is 1.94. The Balaban J connectivity index is 1.80. The van der Waals surface area contributed by atoms with Crippen molar-refractivity contribution in [1.82, 2.24) is 5.32 Å². The maximum absolute atomic E-state index is 5.26.